The number of benzene rings is 1. The number of carbonyl (C=O) groups excluding carboxylic acids is 1. The highest BCUT2D eigenvalue weighted by atomic mass is 16.5. The Morgan fingerprint density at radius 1 is 0.926 bits per heavy atom. The molecule has 0 bridgehead atoms. The van der Waals surface area contributed by atoms with Crippen LogP contribution in [0.1, 0.15) is 15.9 Å². The van der Waals surface area contributed by atoms with E-state index in [1.54, 1.807) is 42.7 Å². The molecular weight excluding hydrogens is 346 g/mol. The second-order valence-corrected chi connectivity index (χ2v) is 5.54. The first-order valence-corrected chi connectivity index (χ1v) is 8.19. The number of hydrogen-bond donors (Lipinski definition) is 2. The number of ether oxygens (including phenoxy) is 2. The Morgan fingerprint density at radius 2 is 1.63 bits per heavy atom. The summed E-state index contributed by atoms with van der Waals surface area (Å²) in [6.45, 7) is 0.606. The molecule has 0 unspecified atom stereocenters. The number of anilines is 2. The maximum Gasteiger partial charge on any atom is 0.257 e. The summed E-state index contributed by atoms with van der Waals surface area (Å²) in [4.78, 5) is 16.4. The predicted molar refractivity (Wildman–Crippen MR) is 101 cm³/mol. The molecule has 1 aromatic carbocycles. The van der Waals surface area contributed by atoms with E-state index in [0.717, 1.165) is 5.56 Å². The van der Waals surface area contributed by atoms with Gasteiger partial charge in [0.25, 0.3) is 5.91 Å². The number of hydrogen-bond acceptors (Lipinski definition) is 7. The zero-order valence-electron chi connectivity index (χ0n) is 15.0. The molecule has 2 N–H and O–H groups in total. The number of rotatable bonds is 7. The molecule has 0 aliphatic heterocycles. The van der Waals surface area contributed by atoms with Crippen molar-refractivity contribution >= 4 is 17.5 Å². The minimum Gasteiger partial charge on any atom is -0.493 e. The lowest BCUT2D eigenvalue weighted by Crippen LogP contribution is -2.14. The fourth-order valence-electron chi connectivity index (χ4n) is 2.35. The molecule has 27 heavy (non-hydrogen) atoms. The third kappa shape index (κ3) is 4.69. The van der Waals surface area contributed by atoms with Crippen LogP contribution >= 0.6 is 0 Å². The third-order valence-corrected chi connectivity index (χ3v) is 3.77. The van der Waals surface area contributed by atoms with Gasteiger partial charge < -0.3 is 20.1 Å². The molecule has 8 nitrogen and oxygen atoms in total. The van der Waals surface area contributed by atoms with E-state index in [2.05, 4.69) is 25.8 Å². The van der Waals surface area contributed by atoms with Crippen molar-refractivity contribution in [3.63, 3.8) is 0 Å². The summed E-state index contributed by atoms with van der Waals surface area (Å²) in [5.74, 6) is 1.67. The van der Waals surface area contributed by atoms with Crippen molar-refractivity contribution in [2.24, 2.45) is 0 Å². The number of nitrogens with zero attached hydrogens (tertiary/aromatic N) is 3. The SMILES string of the molecule is COc1ccc(C(=O)Nc2ccc(NCc3ccncc3)nn2)cc1OC. The monoisotopic (exact) mass is 365 g/mol. The zero-order valence-corrected chi connectivity index (χ0v) is 15.0. The van der Waals surface area contributed by atoms with Crippen molar-refractivity contribution in [2.75, 3.05) is 24.9 Å². The molecule has 0 saturated heterocycles. The van der Waals surface area contributed by atoms with Gasteiger partial charge in [-0.2, -0.15) is 0 Å². The molecule has 3 aromatic rings. The summed E-state index contributed by atoms with van der Waals surface area (Å²) in [5.41, 5.74) is 1.51. The van der Waals surface area contributed by atoms with E-state index in [1.165, 1.54) is 14.2 Å². The van der Waals surface area contributed by atoms with Crippen LogP contribution in [0.15, 0.2) is 54.9 Å². The van der Waals surface area contributed by atoms with Crippen molar-refractivity contribution in [3.05, 3.63) is 66.0 Å². The van der Waals surface area contributed by atoms with Crippen LogP contribution in [0, 0.1) is 0 Å². The lowest BCUT2D eigenvalue weighted by Gasteiger charge is -2.10. The van der Waals surface area contributed by atoms with Crippen LogP contribution in [0.4, 0.5) is 11.6 Å². The van der Waals surface area contributed by atoms with Gasteiger partial charge in [-0.15, -0.1) is 10.2 Å². The highest BCUT2D eigenvalue weighted by Crippen LogP contribution is 2.27. The Morgan fingerprint density at radius 3 is 2.30 bits per heavy atom. The lowest BCUT2D eigenvalue weighted by molar-refractivity contribution is 0.102. The molecule has 2 aromatic heterocycles. The van der Waals surface area contributed by atoms with Gasteiger partial charge in [0.2, 0.25) is 0 Å². The first kappa shape index (κ1) is 18.1. The Hall–Kier alpha value is -3.68. The molecule has 3 rings (SSSR count). The van der Waals surface area contributed by atoms with Crippen molar-refractivity contribution < 1.29 is 14.3 Å². The molecule has 0 fully saturated rings. The second kappa shape index (κ2) is 8.61. The predicted octanol–water partition coefficient (Wildman–Crippen LogP) is 2.75. The van der Waals surface area contributed by atoms with Gasteiger partial charge in [0.1, 0.15) is 5.82 Å². The number of pyridine rings is 1. The zero-order chi connectivity index (χ0) is 19.1. The van der Waals surface area contributed by atoms with Crippen LogP contribution in [0.2, 0.25) is 0 Å². The summed E-state index contributed by atoms with van der Waals surface area (Å²) in [7, 11) is 3.06. The van der Waals surface area contributed by atoms with Gasteiger partial charge in [-0.05, 0) is 48.0 Å². The van der Waals surface area contributed by atoms with Gasteiger partial charge in [-0.3, -0.25) is 9.78 Å². The number of nitrogens with one attached hydrogen (secondary N) is 2. The first-order chi connectivity index (χ1) is 13.2. The van der Waals surface area contributed by atoms with Crippen LogP contribution in [0.5, 0.6) is 11.5 Å². The van der Waals surface area contributed by atoms with E-state index >= 15 is 0 Å². The second-order valence-electron chi connectivity index (χ2n) is 5.54. The summed E-state index contributed by atoms with van der Waals surface area (Å²) in [6, 6.07) is 12.2. The Bertz CT molecular complexity index is 901. The highest BCUT2D eigenvalue weighted by Gasteiger charge is 2.11. The lowest BCUT2D eigenvalue weighted by atomic mass is 10.2. The smallest absolute Gasteiger partial charge is 0.257 e. The minimum absolute atomic E-state index is 0.317. The van der Waals surface area contributed by atoms with E-state index in [1.807, 2.05) is 12.1 Å². The number of aromatic nitrogens is 3. The van der Waals surface area contributed by atoms with Gasteiger partial charge in [0, 0.05) is 24.5 Å². The van der Waals surface area contributed by atoms with Crippen LogP contribution in [0.3, 0.4) is 0 Å². The average Bonchev–Trinajstić information content (AvgIpc) is 2.73. The Labute approximate surface area is 156 Å². The normalized spacial score (nSPS) is 10.1. The molecule has 0 radical (unpaired) electrons. The molecule has 2 heterocycles. The van der Waals surface area contributed by atoms with E-state index in [0.29, 0.717) is 35.2 Å². The Balaban J connectivity index is 1.61. The largest absolute Gasteiger partial charge is 0.493 e. The van der Waals surface area contributed by atoms with Gasteiger partial charge in [0.05, 0.1) is 14.2 Å². The molecule has 0 atom stereocenters. The van der Waals surface area contributed by atoms with Crippen molar-refractivity contribution in [3.8, 4) is 11.5 Å². The van der Waals surface area contributed by atoms with Gasteiger partial charge >= 0.3 is 0 Å². The third-order valence-electron chi connectivity index (χ3n) is 3.77. The van der Waals surface area contributed by atoms with Gasteiger partial charge in [-0.1, -0.05) is 0 Å². The van der Waals surface area contributed by atoms with Gasteiger partial charge in [-0.25, -0.2) is 0 Å². The summed E-state index contributed by atoms with van der Waals surface area (Å²) >= 11 is 0. The van der Waals surface area contributed by atoms with Crippen LogP contribution in [-0.2, 0) is 6.54 Å². The Kier molecular flexibility index (Phi) is 5.78. The standard InChI is InChI=1S/C19H19N5O3/c1-26-15-4-3-14(11-16(15)27-2)19(25)22-18-6-5-17(23-24-18)21-12-13-7-9-20-10-8-13/h3-11H,12H2,1-2H3,(H,21,23)(H,22,24,25). The molecule has 138 valence electrons. The van der Waals surface area contributed by atoms with E-state index < -0.39 is 0 Å². The minimum atomic E-state index is -0.317. The van der Waals surface area contributed by atoms with E-state index in [-0.39, 0.29) is 5.91 Å². The maximum absolute atomic E-state index is 12.4. The van der Waals surface area contributed by atoms with E-state index in [4.69, 9.17) is 9.47 Å². The average molecular weight is 365 g/mol. The molecule has 0 saturated carbocycles. The van der Waals surface area contributed by atoms with E-state index in [9.17, 15) is 4.79 Å². The van der Waals surface area contributed by atoms with Crippen LogP contribution in [-0.4, -0.2) is 35.3 Å². The molecule has 0 spiro atoms. The van der Waals surface area contributed by atoms with Crippen LogP contribution in [0.25, 0.3) is 0 Å². The number of methoxy groups -OCH3 is 2. The van der Waals surface area contributed by atoms with Crippen molar-refractivity contribution in [1.29, 1.82) is 0 Å². The maximum atomic E-state index is 12.4. The summed E-state index contributed by atoms with van der Waals surface area (Å²) in [6.07, 6.45) is 3.46. The van der Waals surface area contributed by atoms with Crippen molar-refractivity contribution in [2.45, 2.75) is 6.54 Å². The van der Waals surface area contributed by atoms with Crippen molar-refractivity contribution in [1.82, 2.24) is 15.2 Å². The summed E-state index contributed by atoms with van der Waals surface area (Å²) in [5, 5.41) is 13.9. The molecule has 8 heteroatoms. The summed E-state index contributed by atoms with van der Waals surface area (Å²) < 4.78 is 10.4. The van der Waals surface area contributed by atoms with Gasteiger partial charge in [0.15, 0.2) is 17.3 Å². The molecule has 0 aliphatic carbocycles. The first-order valence-electron chi connectivity index (χ1n) is 8.19. The topological polar surface area (TPSA) is 98.3 Å². The molecule has 1 amide bonds. The molecule has 0 aliphatic rings. The fraction of sp³-hybridized carbons (Fsp3) is 0.158. The fourth-order valence-corrected chi connectivity index (χ4v) is 2.35. The number of carbonyl (C=O) groups is 1. The molecular formula is C19H19N5O3. The highest BCUT2D eigenvalue weighted by molar-refractivity contribution is 6.04. The quantitative estimate of drug-likeness (QED) is 0.664. The van der Waals surface area contributed by atoms with Crippen LogP contribution < -0.4 is 20.1 Å². The number of amides is 1.